The molecule has 1 aromatic carbocycles. The number of allylic oxidation sites excluding steroid dienone is 2. The van der Waals surface area contributed by atoms with Gasteiger partial charge >= 0.3 is 0 Å². The Morgan fingerprint density at radius 2 is 1.78 bits per heavy atom. The second-order valence-corrected chi connectivity index (χ2v) is 5.96. The average Bonchev–Trinajstić information content (AvgIpc) is 2.42. The van der Waals surface area contributed by atoms with Gasteiger partial charge in [-0.2, -0.15) is 5.26 Å². The first kappa shape index (κ1) is 12.1. The van der Waals surface area contributed by atoms with E-state index in [2.05, 4.69) is 18.2 Å². The zero-order valence-electron chi connectivity index (χ0n) is 9.81. The van der Waals surface area contributed by atoms with E-state index in [1.54, 1.807) is 0 Å². The van der Waals surface area contributed by atoms with E-state index < -0.39 is 0 Å². The Labute approximate surface area is 117 Å². The lowest BCUT2D eigenvalue weighted by molar-refractivity contribution is 0.225. The minimum atomic E-state index is 0.0750. The maximum Gasteiger partial charge on any atom is 0.0668 e. The molecule has 0 radical (unpaired) electrons. The van der Waals surface area contributed by atoms with Crippen molar-refractivity contribution in [1.82, 2.24) is 0 Å². The van der Waals surface area contributed by atoms with E-state index in [4.69, 9.17) is 23.2 Å². The SMILES string of the molecule is N#CC1C(c2ccc(Cl)c(Cl)c2)[C@H]2C=C[C@@H]1CC2. The zero-order valence-corrected chi connectivity index (χ0v) is 11.3. The second-order valence-electron chi connectivity index (χ2n) is 5.14. The summed E-state index contributed by atoms with van der Waals surface area (Å²) in [6.07, 6.45) is 6.80. The fraction of sp³-hybridized carbons (Fsp3) is 0.400. The van der Waals surface area contributed by atoms with Crippen molar-refractivity contribution in [1.29, 1.82) is 5.26 Å². The second kappa shape index (κ2) is 4.61. The first-order valence-corrected chi connectivity index (χ1v) is 6.99. The molecule has 18 heavy (non-hydrogen) atoms. The van der Waals surface area contributed by atoms with Crippen molar-refractivity contribution < 1.29 is 0 Å². The molecule has 3 aliphatic carbocycles. The number of fused-ring (bicyclic) bond motifs is 2. The summed E-state index contributed by atoms with van der Waals surface area (Å²) in [4.78, 5) is 0. The number of nitrogens with zero attached hydrogens (tertiary/aromatic N) is 1. The van der Waals surface area contributed by atoms with Crippen LogP contribution in [0.4, 0.5) is 0 Å². The molecule has 3 heteroatoms. The van der Waals surface area contributed by atoms with Gasteiger partial charge in [-0.1, -0.05) is 41.4 Å². The van der Waals surface area contributed by atoms with E-state index in [9.17, 15) is 5.26 Å². The van der Waals surface area contributed by atoms with Crippen LogP contribution < -0.4 is 0 Å². The summed E-state index contributed by atoms with van der Waals surface area (Å²) in [5.74, 6) is 1.22. The molecule has 4 rings (SSSR count). The Kier molecular flexibility index (Phi) is 3.09. The van der Waals surface area contributed by atoms with Gasteiger partial charge in [-0.25, -0.2) is 0 Å². The molecule has 1 nitrogen and oxygen atoms in total. The molecule has 0 aromatic heterocycles. The maximum atomic E-state index is 9.43. The number of hydrogen-bond donors (Lipinski definition) is 0. The lowest BCUT2D eigenvalue weighted by Gasteiger charge is -2.42. The summed E-state index contributed by atoms with van der Waals surface area (Å²) in [7, 11) is 0. The van der Waals surface area contributed by atoms with Crippen molar-refractivity contribution in [2.45, 2.75) is 18.8 Å². The highest BCUT2D eigenvalue weighted by atomic mass is 35.5. The Hall–Kier alpha value is -0.970. The fourth-order valence-corrected chi connectivity index (χ4v) is 3.65. The van der Waals surface area contributed by atoms with Crippen LogP contribution in [-0.4, -0.2) is 0 Å². The van der Waals surface area contributed by atoms with Gasteiger partial charge < -0.3 is 0 Å². The average molecular weight is 278 g/mol. The van der Waals surface area contributed by atoms with E-state index in [1.807, 2.05) is 18.2 Å². The lowest BCUT2D eigenvalue weighted by atomic mass is 9.61. The summed E-state index contributed by atoms with van der Waals surface area (Å²) in [6, 6.07) is 8.26. The first-order chi connectivity index (χ1) is 8.70. The molecule has 1 aromatic rings. The van der Waals surface area contributed by atoms with Crippen LogP contribution in [-0.2, 0) is 0 Å². The molecular weight excluding hydrogens is 265 g/mol. The standard InChI is InChI=1S/C15H13Cl2N/c16-13-6-5-11(7-14(13)17)15-10-3-1-9(2-4-10)12(15)8-18/h1,3,5-7,9-10,12,15H,2,4H2/t9-,10+,12?,15?/m1/s1. The number of hydrogen-bond acceptors (Lipinski definition) is 1. The Morgan fingerprint density at radius 3 is 2.39 bits per heavy atom. The van der Waals surface area contributed by atoms with Gasteiger partial charge in [0, 0.05) is 5.92 Å². The van der Waals surface area contributed by atoms with Gasteiger partial charge in [-0.15, -0.1) is 0 Å². The highest BCUT2D eigenvalue weighted by Crippen LogP contribution is 2.50. The van der Waals surface area contributed by atoms with Crippen molar-refractivity contribution >= 4 is 23.2 Å². The van der Waals surface area contributed by atoms with Crippen LogP contribution >= 0.6 is 23.2 Å². The first-order valence-electron chi connectivity index (χ1n) is 6.23. The van der Waals surface area contributed by atoms with Gasteiger partial charge in [-0.3, -0.25) is 0 Å². The largest absolute Gasteiger partial charge is 0.198 e. The van der Waals surface area contributed by atoms with Crippen molar-refractivity contribution in [2.75, 3.05) is 0 Å². The highest BCUT2D eigenvalue weighted by molar-refractivity contribution is 6.42. The minimum absolute atomic E-state index is 0.0750. The molecule has 0 aliphatic heterocycles. The van der Waals surface area contributed by atoms with Crippen molar-refractivity contribution in [3.63, 3.8) is 0 Å². The number of halogens is 2. The Bertz CT molecular complexity index is 544. The molecule has 0 spiro atoms. The smallest absolute Gasteiger partial charge is 0.0668 e. The van der Waals surface area contributed by atoms with Crippen molar-refractivity contribution in [3.05, 3.63) is 46.0 Å². The third-order valence-electron chi connectivity index (χ3n) is 4.23. The molecule has 0 heterocycles. The third kappa shape index (κ3) is 1.85. The van der Waals surface area contributed by atoms with Gasteiger partial charge in [0.05, 0.1) is 22.0 Å². The summed E-state index contributed by atoms with van der Waals surface area (Å²) in [6.45, 7) is 0. The molecule has 3 aliphatic rings. The summed E-state index contributed by atoms with van der Waals surface area (Å²) < 4.78 is 0. The molecule has 0 amide bonds. The number of nitriles is 1. The normalized spacial score (nSPS) is 33.4. The highest BCUT2D eigenvalue weighted by Gasteiger charge is 2.41. The molecule has 92 valence electrons. The van der Waals surface area contributed by atoms with E-state index in [0.717, 1.165) is 12.0 Å². The van der Waals surface area contributed by atoms with Crippen LogP contribution in [0.15, 0.2) is 30.4 Å². The summed E-state index contributed by atoms with van der Waals surface area (Å²) in [5.41, 5.74) is 1.15. The molecule has 0 saturated heterocycles. The van der Waals surface area contributed by atoms with E-state index in [0.29, 0.717) is 21.9 Å². The van der Waals surface area contributed by atoms with Gasteiger partial charge in [0.2, 0.25) is 0 Å². The summed E-state index contributed by atoms with van der Waals surface area (Å²) >= 11 is 12.1. The molecular formula is C15H13Cl2N. The van der Waals surface area contributed by atoms with Crippen LogP contribution in [0.3, 0.4) is 0 Å². The van der Waals surface area contributed by atoms with Gasteiger partial charge in [0.15, 0.2) is 0 Å². The predicted molar refractivity (Wildman–Crippen MR) is 73.7 cm³/mol. The van der Waals surface area contributed by atoms with Crippen LogP contribution in [0.25, 0.3) is 0 Å². The lowest BCUT2D eigenvalue weighted by Crippen LogP contribution is -2.34. The molecule has 2 unspecified atom stereocenters. The van der Waals surface area contributed by atoms with Crippen LogP contribution in [0.1, 0.15) is 24.3 Å². The van der Waals surface area contributed by atoms with Crippen molar-refractivity contribution in [3.8, 4) is 6.07 Å². The van der Waals surface area contributed by atoms with Crippen LogP contribution in [0, 0.1) is 29.1 Å². The third-order valence-corrected chi connectivity index (χ3v) is 4.96. The van der Waals surface area contributed by atoms with Gasteiger partial charge in [-0.05, 0) is 42.4 Å². The van der Waals surface area contributed by atoms with Gasteiger partial charge in [0.25, 0.3) is 0 Å². The molecule has 0 N–H and O–H groups in total. The minimum Gasteiger partial charge on any atom is -0.198 e. The van der Waals surface area contributed by atoms with E-state index in [-0.39, 0.29) is 11.8 Å². The van der Waals surface area contributed by atoms with Gasteiger partial charge in [0.1, 0.15) is 0 Å². The number of rotatable bonds is 1. The Balaban J connectivity index is 2.02. The number of benzene rings is 1. The van der Waals surface area contributed by atoms with Crippen LogP contribution in [0.5, 0.6) is 0 Å². The maximum absolute atomic E-state index is 9.43. The molecule has 2 bridgehead atoms. The Morgan fingerprint density at radius 1 is 1.06 bits per heavy atom. The predicted octanol–water partition coefficient (Wildman–Crippen LogP) is 4.81. The molecule has 1 saturated carbocycles. The van der Waals surface area contributed by atoms with Crippen LogP contribution in [0.2, 0.25) is 10.0 Å². The molecule has 1 fully saturated rings. The topological polar surface area (TPSA) is 23.8 Å². The van der Waals surface area contributed by atoms with E-state index >= 15 is 0 Å². The summed E-state index contributed by atoms with van der Waals surface area (Å²) in [5, 5.41) is 10.6. The molecule has 4 atom stereocenters. The zero-order chi connectivity index (χ0) is 12.7. The fourth-order valence-electron chi connectivity index (χ4n) is 3.34. The van der Waals surface area contributed by atoms with E-state index in [1.165, 1.54) is 6.42 Å². The monoisotopic (exact) mass is 277 g/mol. The van der Waals surface area contributed by atoms with Crippen molar-refractivity contribution in [2.24, 2.45) is 17.8 Å². The quantitative estimate of drug-likeness (QED) is 0.676.